The van der Waals surface area contributed by atoms with Gasteiger partial charge < -0.3 is 15.4 Å². The predicted molar refractivity (Wildman–Crippen MR) is 128 cm³/mol. The Morgan fingerprint density at radius 3 is 2.27 bits per heavy atom. The van der Waals surface area contributed by atoms with E-state index in [1.165, 1.54) is 6.92 Å². The lowest BCUT2D eigenvalue weighted by molar-refractivity contribution is -0.138. The maximum Gasteiger partial charge on any atom is 0.408 e. The maximum atomic E-state index is 13.4. The number of benzene rings is 1. The normalized spacial score (nSPS) is 16.1. The zero-order valence-electron chi connectivity index (χ0n) is 20.4. The third-order valence-corrected chi connectivity index (χ3v) is 5.64. The molecule has 1 aliphatic carbocycles. The second-order valence-corrected chi connectivity index (χ2v) is 9.55. The van der Waals surface area contributed by atoms with E-state index in [2.05, 4.69) is 16.7 Å². The molecule has 0 bridgehead atoms. The Kier molecular flexibility index (Phi) is 9.33. The summed E-state index contributed by atoms with van der Waals surface area (Å²) >= 11 is 0. The molecule has 0 saturated heterocycles. The number of nitrogens with zero attached hydrogens (tertiary/aromatic N) is 1. The number of carbonyl (C=O) groups is 3. The van der Waals surface area contributed by atoms with Gasteiger partial charge in [-0.15, -0.1) is 0 Å². The van der Waals surface area contributed by atoms with Crippen molar-refractivity contribution in [1.82, 2.24) is 15.5 Å². The molecule has 2 atom stereocenters. The summed E-state index contributed by atoms with van der Waals surface area (Å²) in [5.74, 6) is -0.881. The van der Waals surface area contributed by atoms with Crippen LogP contribution in [0.3, 0.4) is 0 Å². The minimum atomic E-state index is -1.00. The molecule has 1 aromatic carbocycles. The highest BCUT2D eigenvalue weighted by Crippen LogP contribution is 2.25. The van der Waals surface area contributed by atoms with Crippen molar-refractivity contribution in [2.45, 2.75) is 96.9 Å². The third-order valence-electron chi connectivity index (χ3n) is 5.64. The molecule has 1 aromatic rings. The largest absolute Gasteiger partial charge is 0.444 e. The van der Waals surface area contributed by atoms with E-state index >= 15 is 0 Å². The van der Waals surface area contributed by atoms with Crippen LogP contribution in [0, 0.1) is 12.5 Å². The van der Waals surface area contributed by atoms with Crippen LogP contribution in [0.25, 0.3) is 0 Å². The smallest absolute Gasteiger partial charge is 0.408 e. The number of alkyl carbamates (subject to hydrolysis) is 1. The first-order chi connectivity index (χ1) is 15.6. The topological polar surface area (TPSA) is 87.7 Å². The van der Waals surface area contributed by atoms with Gasteiger partial charge in [-0.25, -0.2) is 4.79 Å². The summed E-state index contributed by atoms with van der Waals surface area (Å²) < 4.78 is 5.24. The number of hydrogen-bond acceptors (Lipinski definition) is 4. The lowest BCUT2D eigenvalue weighted by atomic mass is 9.94. The van der Waals surface area contributed by atoms with E-state index in [1.807, 2.05) is 31.2 Å². The monoisotopic (exact) mass is 455 g/mol. The van der Waals surface area contributed by atoms with Gasteiger partial charge >= 0.3 is 6.09 Å². The van der Waals surface area contributed by atoms with Crippen molar-refractivity contribution in [1.29, 1.82) is 0 Å². The zero-order valence-corrected chi connectivity index (χ0v) is 20.4. The summed E-state index contributed by atoms with van der Waals surface area (Å²) in [5, 5.41) is 5.60. The fourth-order valence-corrected chi connectivity index (χ4v) is 3.90. The Bertz CT molecular complexity index is 861. The van der Waals surface area contributed by atoms with Crippen LogP contribution in [0.2, 0.25) is 0 Å². The average Bonchev–Trinajstić information content (AvgIpc) is 2.76. The first-order valence-electron chi connectivity index (χ1n) is 11.7. The Morgan fingerprint density at radius 1 is 1.15 bits per heavy atom. The number of rotatable bonds is 7. The molecule has 33 heavy (non-hydrogen) atoms. The minimum Gasteiger partial charge on any atom is -0.444 e. The first kappa shape index (κ1) is 26.2. The molecular formula is C26H37N3O4. The minimum absolute atomic E-state index is 0.0655. The number of ether oxygens (including phenoxy) is 1. The van der Waals surface area contributed by atoms with Crippen LogP contribution in [-0.4, -0.2) is 40.5 Å². The number of aryl methyl sites for hydroxylation is 1. The Labute approximate surface area is 197 Å². The van der Waals surface area contributed by atoms with Gasteiger partial charge in [-0.2, -0.15) is 0 Å². The number of amides is 3. The van der Waals surface area contributed by atoms with Crippen LogP contribution < -0.4 is 10.6 Å². The van der Waals surface area contributed by atoms with Crippen LogP contribution in [0.4, 0.5) is 4.79 Å². The fraction of sp³-hybridized carbons (Fsp3) is 0.577. The van der Waals surface area contributed by atoms with E-state index in [4.69, 9.17) is 11.2 Å². The fourth-order valence-electron chi connectivity index (χ4n) is 3.90. The molecule has 2 N–H and O–H groups in total. The summed E-state index contributed by atoms with van der Waals surface area (Å²) in [6.45, 7) is 8.77. The molecule has 2 unspecified atom stereocenters. The van der Waals surface area contributed by atoms with Crippen molar-refractivity contribution in [2.75, 3.05) is 0 Å². The highest BCUT2D eigenvalue weighted by Gasteiger charge is 2.35. The second kappa shape index (κ2) is 11.7. The van der Waals surface area contributed by atoms with Crippen LogP contribution >= 0.6 is 0 Å². The molecule has 180 valence electrons. The van der Waals surface area contributed by atoms with E-state index in [0.717, 1.165) is 49.0 Å². The van der Waals surface area contributed by atoms with Crippen molar-refractivity contribution in [3.05, 3.63) is 35.4 Å². The highest BCUT2D eigenvalue weighted by molar-refractivity contribution is 5.93. The maximum absolute atomic E-state index is 13.4. The molecule has 0 spiro atoms. The number of hydrogen-bond donors (Lipinski definition) is 2. The van der Waals surface area contributed by atoms with Crippen LogP contribution in [-0.2, 0) is 20.7 Å². The van der Waals surface area contributed by atoms with Crippen LogP contribution in [0.15, 0.2) is 24.3 Å². The molecular weight excluding hydrogens is 418 g/mol. The molecule has 7 heteroatoms. The van der Waals surface area contributed by atoms with Gasteiger partial charge in [-0.05, 0) is 58.1 Å². The van der Waals surface area contributed by atoms with Gasteiger partial charge in [0.2, 0.25) is 5.91 Å². The molecule has 1 aliphatic rings. The molecule has 1 fully saturated rings. The molecule has 3 amide bonds. The molecule has 7 nitrogen and oxygen atoms in total. The Morgan fingerprint density at radius 2 is 1.76 bits per heavy atom. The third kappa shape index (κ3) is 7.81. The molecule has 0 radical (unpaired) electrons. The van der Waals surface area contributed by atoms with Crippen molar-refractivity contribution >= 4 is 17.9 Å². The van der Waals surface area contributed by atoms with Gasteiger partial charge in [-0.3, -0.25) is 14.5 Å². The van der Waals surface area contributed by atoms with Crippen molar-refractivity contribution < 1.29 is 19.1 Å². The molecule has 2 rings (SSSR count). The Hall–Kier alpha value is -3.01. The van der Waals surface area contributed by atoms with Crippen LogP contribution in [0.1, 0.15) is 83.9 Å². The van der Waals surface area contributed by atoms with Gasteiger partial charge in [0.1, 0.15) is 17.7 Å². The van der Waals surface area contributed by atoms with Gasteiger partial charge in [0.05, 0.1) is 0 Å². The van der Waals surface area contributed by atoms with Crippen molar-refractivity contribution in [3.8, 4) is 12.5 Å². The number of carbonyl (C=O) groups excluding carboxylic acids is 3. The molecule has 0 aromatic heterocycles. The standard InChI is InChI=1S/C26H37N3O4/c1-7-19-14-16-20(17-15-19)22(23(30)28-21-12-10-9-11-13-21)29(8-2)24(31)18(3)27-25(32)33-26(4,5)6/h2,14-18,21-22H,7,9-13H2,1,3-6H3,(H,27,32)(H,28,30). The van der Waals surface area contributed by atoms with Crippen LogP contribution in [0.5, 0.6) is 0 Å². The van der Waals surface area contributed by atoms with E-state index in [-0.39, 0.29) is 11.9 Å². The van der Waals surface area contributed by atoms with E-state index < -0.39 is 29.7 Å². The quantitative estimate of drug-likeness (QED) is 0.479. The summed E-state index contributed by atoms with van der Waals surface area (Å²) in [6.07, 6.45) is 11.0. The van der Waals surface area contributed by atoms with E-state index in [9.17, 15) is 14.4 Å². The average molecular weight is 456 g/mol. The zero-order chi connectivity index (χ0) is 24.6. The molecule has 0 aliphatic heterocycles. The van der Waals surface area contributed by atoms with Gasteiger partial charge in [-0.1, -0.05) is 56.9 Å². The van der Waals surface area contributed by atoms with Crippen molar-refractivity contribution in [2.24, 2.45) is 0 Å². The first-order valence-corrected chi connectivity index (χ1v) is 11.7. The van der Waals surface area contributed by atoms with Crippen molar-refractivity contribution in [3.63, 3.8) is 0 Å². The van der Waals surface area contributed by atoms with E-state index in [1.54, 1.807) is 20.8 Å². The lowest BCUT2D eigenvalue weighted by Gasteiger charge is -2.31. The number of nitrogens with one attached hydrogen (secondary N) is 2. The summed E-state index contributed by atoms with van der Waals surface area (Å²) in [6, 6.07) is 7.98. The summed E-state index contributed by atoms with van der Waals surface area (Å²) in [4.78, 5) is 39.9. The van der Waals surface area contributed by atoms with Gasteiger partial charge in [0.15, 0.2) is 0 Å². The lowest BCUT2D eigenvalue weighted by Crippen LogP contribution is -2.51. The van der Waals surface area contributed by atoms with Gasteiger partial charge in [0, 0.05) is 12.1 Å². The molecule has 1 saturated carbocycles. The van der Waals surface area contributed by atoms with Gasteiger partial charge in [0.25, 0.3) is 5.91 Å². The van der Waals surface area contributed by atoms with E-state index in [0.29, 0.717) is 5.56 Å². The number of terminal acetylenes is 1. The predicted octanol–water partition coefficient (Wildman–Crippen LogP) is 4.07. The second-order valence-electron chi connectivity index (χ2n) is 9.55. The Balaban J connectivity index is 2.27. The SMILES string of the molecule is C#CN(C(=O)C(C)NC(=O)OC(C)(C)C)C(C(=O)NC1CCCCC1)c1ccc(CC)cc1. The highest BCUT2D eigenvalue weighted by atomic mass is 16.6. The molecule has 0 heterocycles. The summed E-state index contributed by atoms with van der Waals surface area (Å²) in [7, 11) is 0. The summed E-state index contributed by atoms with van der Waals surface area (Å²) in [5.41, 5.74) is 1.03.